The number of amides is 1. The van der Waals surface area contributed by atoms with Gasteiger partial charge in [0.1, 0.15) is 5.82 Å². The maximum atomic E-state index is 13.2. The molecule has 0 radical (unpaired) electrons. The van der Waals surface area contributed by atoms with Crippen molar-refractivity contribution in [3.63, 3.8) is 0 Å². The number of nitrogens with two attached hydrogens (primary N) is 2. The van der Waals surface area contributed by atoms with Crippen LogP contribution in [0.4, 0.5) is 15.8 Å². The van der Waals surface area contributed by atoms with Gasteiger partial charge < -0.3 is 16.4 Å². The van der Waals surface area contributed by atoms with E-state index in [0.29, 0.717) is 23.8 Å². The molecule has 1 rings (SSSR count). The van der Waals surface area contributed by atoms with E-state index in [1.165, 1.54) is 18.2 Å². The van der Waals surface area contributed by atoms with Crippen molar-refractivity contribution in [1.29, 1.82) is 0 Å². The molecule has 1 aromatic rings. The van der Waals surface area contributed by atoms with Crippen molar-refractivity contribution in [3.05, 3.63) is 24.0 Å². The summed E-state index contributed by atoms with van der Waals surface area (Å²) in [5.74, 6) is -0.529. The molecular formula is C12H18FN3O. The van der Waals surface area contributed by atoms with Crippen molar-refractivity contribution >= 4 is 17.3 Å². The molecule has 1 amide bonds. The minimum Gasteiger partial charge on any atom is -0.397 e. The highest BCUT2D eigenvalue weighted by Gasteiger charge is 2.14. The highest BCUT2D eigenvalue weighted by Crippen LogP contribution is 2.24. The minimum absolute atomic E-state index is 0.0336. The van der Waals surface area contributed by atoms with Crippen molar-refractivity contribution < 1.29 is 9.18 Å². The fourth-order valence-electron chi connectivity index (χ4n) is 1.67. The van der Waals surface area contributed by atoms with E-state index in [1.807, 2.05) is 13.8 Å². The molecule has 0 atom stereocenters. The van der Waals surface area contributed by atoms with Crippen LogP contribution < -0.4 is 16.4 Å². The summed E-state index contributed by atoms with van der Waals surface area (Å²) in [7, 11) is 0. The van der Waals surface area contributed by atoms with Gasteiger partial charge in [-0.2, -0.15) is 0 Å². The van der Waals surface area contributed by atoms with Crippen LogP contribution in [0, 0.1) is 11.7 Å². The summed E-state index contributed by atoms with van der Waals surface area (Å²) >= 11 is 0. The molecule has 0 aromatic heterocycles. The molecule has 17 heavy (non-hydrogen) atoms. The van der Waals surface area contributed by atoms with Crippen LogP contribution in [0.1, 0.15) is 13.8 Å². The normalized spacial score (nSPS) is 10.6. The Hall–Kier alpha value is -1.78. The maximum Gasteiger partial charge on any atom is 0.236 e. The highest BCUT2D eigenvalue weighted by molar-refractivity contribution is 5.81. The molecule has 0 aliphatic heterocycles. The van der Waals surface area contributed by atoms with Crippen LogP contribution in [-0.4, -0.2) is 19.0 Å². The Bertz CT molecular complexity index is 407. The third kappa shape index (κ3) is 3.94. The third-order valence-electron chi connectivity index (χ3n) is 2.27. The summed E-state index contributed by atoms with van der Waals surface area (Å²) in [5.41, 5.74) is 11.9. The number of primary amides is 1. The van der Waals surface area contributed by atoms with Gasteiger partial charge in [-0.3, -0.25) is 4.79 Å². The average Bonchev–Trinajstić information content (AvgIpc) is 2.19. The molecule has 0 spiro atoms. The van der Waals surface area contributed by atoms with Crippen molar-refractivity contribution in [2.75, 3.05) is 23.7 Å². The first-order valence-electron chi connectivity index (χ1n) is 5.48. The van der Waals surface area contributed by atoms with Gasteiger partial charge in [0.15, 0.2) is 0 Å². The molecular weight excluding hydrogens is 221 g/mol. The molecule has 94 valence electrons. The molecule has 5 heteroatoms. The number of nitrogen functional groups attached to an aromatic ring is 1. The summed E-state index contributed by atoms with van der Waals surface area (Å²) in [6, 6.07) is 4.09. The first-order chi connectivity index (χ1) is 7.90. The van der Waals surface area contributed by atoms with Gasteiger partial charge in [0.05, 0.1) is 17.9 Å². The van der Waals surface area contributed by atoms with E-state index in [9.17, 15) is 9.18 Å². The number of benzene rings is 1. The van der Waals surface area contributed by atoms with Crippen LogP contribution >= 0.6 is 0 Å². The zero-order valence-electron chi connectivity index (χ0n) is 10.1. The first-order valence-corrected chi connectivity index (χ1v) is 5.48. The van der Waals surface area contributed by atoms with Crippen molar-refractivity contribution in [2.45, 2.75) is 13.8 Å². The number of hydrogen-bond acceptors (Lipinski definition) is 3. The topological polar surface area (TPSA) is 72.3 Å². The Kier molecular flexibility index (Phi) is 4.31. The number of halogens is 1. The van der Waals surface area contributed by atoms with Crippen LogP contribution in [0.15, 0.2) is 18.2 Å². The van der Waals surface area contributed by atoms with Gasteiger partial charge in [-0.15, -0.1) is 0 Å². The number of carbonyl (C=O) groups is 1. The van der Waals surface area contributed by atoms with Gasteiger partial charge in [0.2, 0.25) is 5.91 Å². The smallest absolute Gasteiger partial charge is 0.236 e. The standard InChI is InChI=1S/C12H18FN3O/c1-8(2)6-16(7-12(15)17)11-5-9(13)3-4-10(11)14/h3-5,8H,6-7,14H2,1-2H3,(H2,15,17). The Morgan fingerprint density at radius 3 is 2.65 bits per heavy atom. The maximum absolute atomic E-state index is 13.2. The number of carbonyl (C=O) groups excluding carboxylic acids is 1. The molecule has 0 aliphatic rings. The van der Waals surface area contributed by atoms with E-state index < -0.39 is 5.91 Å². The predicted molar refractivity (Wildman–Crippen MR) is 67.1 cm³/mol. The van der Waals surface area contributed by atoms with E-state index in [-0.39, 0.29) is 12.4 Å². The van der Waals surface area contributed by atoms with Gasteiger partial charge >= 0.3 is 0 Å². The summed E-state index contributed by atoms with van der Waals surface area (Å²) in [6.45, 7) is 4.63. The lowest BCUT2D eigenvalue weighted by Crippen LogP contribution is -2.36. The van der Waals surface area contributed by atoms with E-state index in [0.717, 1.165) is 0 Å². The third-order valence-corrected chi connectivity index (χ3v) is 2.27. The lowest BCUT2D eigenvalue weighted by Gasteiger charge is -2.26. The van der Waals surface area contributed by atoms with Crippen LogP contribution in [0.25, 0.3) is 0 Å². The van der Waals surface area contributed by atoms with Gasteiger partial charge in [-0.1, -0.05) is 13.8 Å². The molecule has 1 aromatic carbocycles. The van der Waals surface area contributed by atoms with Gasteiger partial charge in [0, 0.05) is 6.54 Å². The molecule has 4 nitrogen and oxygen atoms in total. The van der Waals surface area contributed by atoms with E-state index in [1.54, 1.807) is 4.90 Å². The van der Waals surface area contributed by atoms with E-state index in [4.69, 9.17) is 11.5 Å². The van der Waals surface area contributed by atoms with Crippen LogP contribution in [0.2, 0.25) is 0 Å². The summed E-state index contributed by atoms with van der Waals surface area (Å²) in [6.07, 6.45) is 0. The fourth-order valence-corrected chi connectivity index (χ4v) is 1.67. The number of hydrogen-bond donors (Lipinski definition) is 2. The highest BCUT2D eigenvalue weighted by atomic mass is 19.1. The van der Waals surface area contributed by atoms with E-state index in [2.05, 4.69) is 0 Å². The second-order valence-corrected chi connectivity index (χ2v) is 4.44. The average molecular weight is 239 g/mol. The summed E-state index contributed by atoms with van der Waals surface area (Å²) in [5, 5.41) is 0. The van der Waals surface area contributed by atoms with Gasteiger partial charge in [-0.25, -0.2) is 4.39 Å². The van der Waals surface area contributed by atoms with Crippen molar-refractivity contribution in [2.24, 2.45) is 11.7 Å². The zero-order valence-corrected chi connectivity index (χ0v) is 10.1. The summed E-state index contributed by atoms with van der Waals surface area (Å²) < 4.78 is 13.2. The van der Waals surface area contributed by atoms with Gasteiger partial charge in [0.25, 0.3) is 0 Å². The second kappa shape index (κ2) is 5.52. The summed E-state index contributed by atoms with van der Waals surface area (Å²) in [4.78, 5) is 12.7. The zero-order chi connectivity index (χ0) is 13.0. The molecule has 0 aliphatic carbocycles. The second-order valence-electron chi connectivity index (χ2n) is 4.44. The minimum atomic E-state index is -0.464. The number of anilines is 2. The Labute approximate surface area is 100 Å². The molecule has 0 unspecified atom stereocenters. The molecule has 0 bridgehead atoms. The quantitative estimate of drug-likeness (QED) is 0.762. The van der Waals surface area contributed by atoms with Crippen LogP contribution in [0.5, 0.6) is 0 Å². The Morgan fingerprint density at radius 1 is 1.47 bits per heavy atom. The largest absolute Gasteiger partial charge is 0.397 e. The Morgan fingerprint density at radius 2 is 2.12 bits per heavy atom. The Balaban J connectivity index is 3.02. The first kappa shape index (κ1) is 13.3. The SMILES string of the molecule is CC(C)CN(CC(N)=O)c1cc(F)ccc1N. The van der Waals surface area contributed by atoms with Crippen molar-refractivity contribution in [3.8, 4) is 0 Å². The van der Waals surface area contributed by atoms with Crippen molar-refractivity contribution in [1.82, 2.24) is 0 Å². The molecule has 0 saturated heterocycles. The number of nitrogens with zero attached hydrogens (tertiary/aromatic N) is 1. The lowest BCUT2D eigenvalue weighted by molar-refractivity contribution is -0.116. The van der Waals surface area contributed by atoms with Crippen LogP contribution in [0.3, 0.4) is 0 Å². The van der Waals surface area contributed by atoms with Gasteiger partial charge in [-0.05, 0) is 24.1 Å². The van der Waals surface area contributed by atoms with Crippen LogP contribution in [-0.2, 0) is 4.79 Å². The molecule has 0 heterocycles. The predicted octanol–water partition coefficient (Wildman–Crippen LogP) is 1.36. The fraction of sp³-hybridized carbons (Fsp3) is 0.417. The monoisotopic (exact) mass is 239 g/mol. The number of rotatable bonds is 5. The molecule has 4 N–H and O–H groups in total. The molecule has 0 fully saturated rings. The molecule has 0 saturated carbocycles. The lowest BCUT2D eigenvalue weighted by atomic mass is 10.1. The van der Waals surface area contributed by atoms with E-state index >= 15 is 0 Å².